The van der Waals surface area contributed by atoms with Crippen LogP contribution in [0.1, 0.15) is 42.2 Å². The minimum atomic E-state index is -0.837. The minimum absolute atomic E-state index is 0. The summed E-state index contributed by atoms with van der Waals surface area (Å²) >= 11 is 0. The van der Waals surface area contributed by atoms with Gasteiger partial charge in [0.1, 0.15) is 5.52 Å². The fourth-order valence-electron chi connectivity index (χ4n) is 3.85. The van der Waals surface area contributed by atoms with Gasteiger partial charge in [-0.05, 0) is 38.4 Å². The van der Waals surface area contributed by atoms with Crippen molar-refractivity contribution in [2.24, 2.45) is 0 Å². The van der Waals surface area contributed by atoms with Gasteiger partial charge in [-0.15, -0.1) is 24.8 Å². The molecule has 1 amide bonds. The van der Waals surface area contributed by atoms with E-state index in [-0.39, 0.29) is 36.8 Å². The van der Waals surface area contributed by atoms with Gasteiger partial charge in [0.25, 0.3) is 5.91 Å². The van der Waals surface area contributed by atoms with Gasteiger partial charge in [-0.25, -0.2) is 9.97 Å². The first kappa shape index (κ1) is 24.1. The van der Waals surface area contributed by atoms with Crippen LogP contribution in [-0.2, 0) is 5.54 Å². The molecule has 2 atom stereocenters. The Labute approximate surface area is 188 Å². The lowest BCUT2D eigenvalue weighted by Gasteiger charge is -2.43. The van der Waals surface area contributed by atoms with Gasteiger partial charge in [-0.2, -0.15) is 0 Å². The highest BCUT2D eigenvalue weighted by atomic mass is 35.5. The Balaban J connectivity index is 0.00000160. The Bertz CT molecular complexity index is 995. The predicted octanol–water partition coefficient (Wildman–Crippen LogP) is 2.84. The highest BCUT2D eigenvalue weighted by molar-refractivity contribution is 5.97. The molecule has 0 unspecified atom stereocenters. The molecule has 0 bridgehead atoms. The Morgan fingerprint density at radius 2 is 2.00 bits per heavy atom. The highest BCUT2D eigenvalue weighted by Crippen LogP contribution is 2.31. The van der Waals surface area contributed by atoms with E-state index in [1.54, 1.807) is 18.6 Å². The quantitative estimate of drug-likeness (QED) is 0.566. The lowest BCUT2D eigenvalue weighted by atomic mass is 9.79. The van der Waals surface area contributed by atoms with Gasteiger partial charge in [-0.3, -0.25) is 4.79 Å². The number of nitrogens with zero attached hydrogens (tertiary/aromatic N) is 3. The maximum absolute atomic E-state index is 13.1. The number of rotatable bonds is 4. The van der Waals surface area contributed by atoms with Crippen molar-refractivity contribution in [1.29, 1.82) is 0 Å². The molecule has 7 nitrogen and oxygen atoms in total. The molecule has 1 aromatic carbocycles. The fourth-order valence-corrected chi connectivity index (χ4v) is 3.85. The molecule has 0 aliphatic carbocycles. The number of amides is 1. The first-order valence-electron chi connectivity index (χ1n) is 9.60. The lowest BCUT2D eigenvalue weighted by molar-refractivity contribution is 0.0289. The van der Waals surface area contributed by atoms with Crippen molar-refractivity contribution in [1.82, 2.24) is 25.2 Å². The number of hydrogen-bond acceptors (Lipinski definition) is 5. The summed E-state index contributed by atoms with van der Waals surface area (Å²) < 4.78 is 1.97. The van der Waals surface area contributed by atoms with Crippen molar-refractivity contribution in [3.8, 4) is 0 Å². The molecule has 1 aliphatic rings. The molecule has 1 aliphatic heterocycles. The molecular formula is C21H27Cl2N5O2. The van der Waals surface area contributed by atoms with E-state index in [9.17, 15) is 9.90 Å². The van der Waals surface area contributed by atoms with E-state index in [1.165, 1.54) is 0 Å². The topological polar surface area (TPSA) is 92.1 Å². The first-order valence-corrected chi connectivity index (χ1v) is 9.60. The van der Waals surface area contributed by atoms with Crippen molar-refractivity contribution >= 4 is 41.9 Å². The molecule has 0 spiro atoms. The Morgan fingerprint density at radius 1 is 1.27 bits per heavy atom. The third kappa shape index (κ3) is 4.30. The Morgan fingerprint density at radius 3 is 2.67 bits per heavy atom. The summed E-state index contributed by atoms with van der Waals surface area (Å²) in [5.41, 5.74) is 1.93. The van der Waals surface area contributed by atoms with E-state index < -0.39 is 11.6 Å². The SMILES string of the molecule is CC(C)n1cnc2cc(C(=O)N[C@]3(c4ccccc4)CCNC[C@H]3O)cnc21.Cl.Cl. The molecule has 4 rings (SSSR count). The molecular weight excluding hydrogens is 425 g/mol. The molecule has 9 heteroatoms. The Kier molecular flexibility index (Phi) is 7.82. The van der Waals surface area contributed by atoms with Crippen molar-refractivity contribution in [3.05, 3.63) is 60.0 Å². The van der Waals surface area contributed by atoms with Crippen molar-refractivity contribution in [2.45, 2.75) is 38.0 Å². The van der Waals surface area contributed by atoms with Crippen LogP contribution in [0.3, 0.4) is 0 Å². The summed E-state index contributed by atoms with van der Waals surface area (Å²) in [7, 11) is 0. The second-order valence-electron chi connectivity index (χ2n) is 7.57. The highest BCUT2D eigenvalue weighted by Gasteiger charge is 2.43. The fraction of sp³-hybridized carbons (Fsp3) is 0.381. The predicted molar refractivity (Wildman–Crippen MR) is 121 cm³/mol. The first-order chi connectivity index (χ1) is 13.5. The Hall–Kier alpha value is -2.19. The average Bonchev–Trinajstić information content (AvgIpc) is 3.14. The number of carbonyl (C=O) groups is 1. The maximum Gasteiger partial charge on any atom is 0.253 e. The van der Waals surface area contributed by atoms with Crippen LogP contribution >= 0.6 is 24.8 Å². The van der Waals surface area contributed by atoms with E-state index in [0.29, 0.717) is 30.6 Å². The number of aliphatic hydroxyl groups is 1. The van der Waals surface area contributed by atoms with Crippen LogP contribution in [0, 0.1) is 0 Å². The van der Waals surface area contributed by atoms with Crippen LogP contribution in [0.15, 0.2) is 48.9 Å². The van der Waals surface area contributed by atoms with Crippen molar-refractivity contribution in [2.75, 3.05) is 13.1 Å². The number of hydrogen-bond donors (Lipinski definition) is 3. The molecule has 0 radical (unpaired) electrons. The van der Waals surface area contributed by atoms with Crippen LogP contribution in [0.2, 0.25) is 0 Å². The van der Waals surface area contributed by atoms with Crippen LogP contribution in [0.5, 0.6) is 0 Å². The number of pyridine rings is 1. The zero-order valence-corrected chi connectivity index (χ0v) is 18.5. The van der Waals surface area contributed by atoms with Gasteiger partial charge in [0, 0.05) is 18.8 Å². The van der Waals surface area contributed by atoms with E-state index in [2.05, 4.69) is 34.4 Å². The lowest BCUT2D eigenvalue weighted by Crippen LogP contribution is -2.61. The van der Waals surface area contributed by atoms with E-state index in [4.69, 9.17) is 0 Å². The van der Waals surface area contributed by atoms with E-state index in [0.717, 1.165) is 11.2 Å². The summed E-state index contributed by atoms with van der Waals surface area (Å²) in [6, 6.07) is 11.6. The third-order valence-electron chi connectivity index (χ3n) is 5.46. The normalized spacial score (nSPS) is 21.0. The van der Waals surface area contributed by atoms with Gasteiger partial charge in [0.2, 0.25) is 0 Å². The second kappa shape index (κ2) is 9.75. The summed E-state index contributed by atoms with van der Waals surface area (Å²) in [5, 5.41) is 17.1. The molecule has 1 fully saturated rings. The zero-order chi connectivity index (χ0) is 19.7. The maximum atomic E-state index is 13.1. The number of aliphatic hydroxyl groups excluding tert-OH is 1. The van der Waals surface area contributed by atoms with E-state index >= 15 is 0 Å². The van der Waals surface area contributed by atoms with Gasteiger partial charge in [-0.1, -0.05) is 30.3 Å². The van der Waals surface area contributed by atoms with Crippen LogP contribution in [-0.4, -0.2) is 44.7 Å². The minimum Gasteiger partial charge on any atom is -0.389 e. The number of aromatic nitrogens is 3. The van der Waals surface area contributed by atoms with Crippen LogP contribution in [0.25, 0.3) is 11.2 Å². The molecule has 3 heterocycles. The van der Waals surface area contributed by atoms with Gasteiger partial charge in [0.15, 0.2) is 5.65 Å². The number of benzene rings is 1. The number of fused-ring (bicyclic) bond motifs is 1. The third-order valence-corrected chi connectivity index (χ3v) is 5.46. The average molecular weight is 452 g/mol. The molecule has 0 saturated carbocycles. The largest absolute Gasteiger partial charge is 0.389 e. The molecule has 30 heavy (non-hydrogen) atoms. The number of halogens is 2. The summed E-state index contributed by atoms with van der Waals surface area (Å²) in [6.07, 6.45) is 3.18. The van der Waals surface area contributed by atoms with E-state index in [1.807, 2.05) is 34.9 Å². The van der Waals surface area contributed by atoms with Crippen molar-refractivity contribution < 1.29 is 9.90 Å². The van der Waals surface area contributed by atoms with Crippen LogP contribution < -0.4 is 10.6 Å². The monoisotopic (exact) mass is 451 g/mol. The smallest absolute Gasteiger partial charge is 0.253 e. The number of carbonyl (C=O) groups excluding carboxylic acids is 1. The van der Waals surface area contributed by atoms with Gasteiger partial charge < -0.3 is 20.3 Å². The summed E-state index contributed by atoms with van der Waals surface area (Å²) in [4.78, 5) is 21.9. The standard InChI is InChI=1S/C21H25N5O2.2ClH/c1-14(2)26-13-24-17-10-15(11-23-19(17)26)20(28)25-21(8-9-22-12-18(21)27)16-6-4-3-5-7-16;;/h3-7,10-11,13-14,18,22,27H,8-9,12H2,1-2H3,(H,25,28);2*1H/t18-,21+;;/m1../s1. The van der Waals surface area contributed by atoms with Gasteiger partial charge in [0.05, 0.1) is 23.5 Å². The van der Waals surface area contributed by atoms with Gasteiger partial charge >= 0.3 is 0 Å². The number of imidazole rings is 1. The number of piperidine rings is 1. The van der Waals surface area contributed by atoms with Crippen LogP contribution in [0.4, 0.5) is 0 Å². The number of nitrogens with one attached hydrogen (secondary N) is 2. The molecule has 3 aromatic rings. The molecule has 1 saturated heterocycles. The molecule has 3 N–H and O–H groups in total. The molecule has 2 aromatic heterocycles. The zero-order valence-electron chi connectivity index (χ0n) is 16.9. The molecule has 162 valence electrons. The summed E-state index contributed by atoms with van der Waals surface area (Å²) in [5.74, 6) is -0.265. The number of β-amino-alcohol motifs (C(OH)–C–C–N with tert-alkyl or cyclic N) is 1. The van der Waals surface area contributed by atoms with Crippen molar-refractivity contribution in [3.63, 3.8) is 0 Å². The summed E-state index contributed by atoms with van der Waals surface area (Å²) in [6.45, 7) is 5.25. The second-order valence-corrected chi connectivity index (χ2v) is 7.57.